The number of rotatable bonds is 10. The van der Waals surface area contributed by atoms with Gasteiger partial charge in [-0.2, -0.15) is 0 Å². The first-order chi connectivity index (χ1) is 10.1. The van der Waals surface area contributed by atoms with E-state index in [2.05, 4.69) is 18.8 Å². The van der Waals surface area contributed by atoms with Gasteiger partial charge in [0, 0.05) is 6.54 Å². The lowest BCUT2D eigenvalue weighted by Gasteiger charge is -2.18. The molecule has 0 amide bonds. The Balaban J connectivity index is 2.80. The summed E-state index contributed by atoms with van der Waals surface area (Å²) in [7, 11) is 0. The fourth-order valence-corrected chi connectivity index (χ4v) is 2.14. The van der Waals surface area contributed by atoms with Gasteiger partial charge in [0.05, 0.1) is 17.9 Å². The Morgan fingerprint density at radius 3 is 2.81 bits per heavy atom. The SMILES string of the molecule is C=CCCC(CC)CNc1cc(C(=O)O)ccc1OCC. The fraction of sp³-hybridized carbons (Fsp3) is 0.471. The highest BCUT2D eigenvalue weighted by atomic mass is 16.5. The molecule has 0 aliphatic rings. The molecule has 0 aliphatic carbocycles. The van der Waals surface area contributed by atoms with Gasteiger partial charge in [-0.25, -0.2) is 4.79 Å². The molecule has 1 rings (SSSR count). The number of carboxylic acids is 1. The minimum atomic E-state index is -0.931. The van der Waals surface area contributed by atoms with Crippen LogP contribution in [0, 0.1) is 5.92 Å². The number of benzene rings is 1. The maximum Gasteiger partial charge on any atom is 0.335 e. The second-order valence-corrected chi connectivity index (χ2v) is 4.97. The highest BCUT2D eigenvalue weighted by molar-refractivity contribution is 5.89. The molecule has 0 radical (unpaired) electrons. The van der Waals surface area contributed by atoms with Gasteiger partial charge in [-0.1, -0.05) is 19.4 Å². The summed E-state index contributed by atoms with van der Waals surface area (Å²) >= 11 is 0. The van der Waals surface area contributed by atoms with Crippen LogP contribution in [0.3, 0.4) is 0 Å². The van der Waals surface area contributed by atoms with Crippen LogP contribution in [0.15, 0.2) is 30.9 Å². The molecule has 0 bridgehead atoms. The summed E-state index contributed by atoms with van der Waals surface area (Å²) in [6.07, 6.45) is 5.08. The summed E-state index contributed by atoms with van der Waals surface area (Å²) < 4.78 is 5.55. The summed E-state index contributed by atoms with van der Waals surface area (Å²) in [5.41, 5.74) is 1.01. The van der Waals surface area contributed by atoms with Gasteiger partial charge in [-0.15, -0.1) is 6.58 Å². The molecule has 1 atom stereocenters. The Hall–Kier alpha value is -1.97. The number of aromatic carboxylic acids is 1. The van der Waals surface area contributed by atoms with Crippen LogP contribution in [-0.2, 0) is 0 Å². The molecule has 1 unspecified atom stereocenters. The van der Waals surface area contributed by atoms with E-state index in [9.17, 15) is 4.79 Å². The Morgan fingerprint density at radius 2 is 2.24 bits per heavy atom. The number of allylic oxidation sites excluding steroid dienone is 1. The lowest BCUT2D eigenvalue weighted by Crippen LogP contribution is -2.14. The van der Waals surface area contributed by atoms with E-state index in [1.807, 2.05) is 13.0 Å². The number of anilines is 1. The van der Waals surface area contributed by atoms with Crippen LogP contribution in [0.1, 0.15) is 43.5 Å². The number of carbonyl (C=O) groups is 1. The van der Waals surface area contributed by atoms with Crippen molar-refractivity contribution in [3.63, 3.8) is 0 Å². The second-order valence-electron chi connectivity index (χ2n) is 4.97. The maximum absolute atomic E-state index is 11.1. The van der Waals surface area contributed by atoms with Crippen molar-refractivity contribution in [3.8, 4) is 5.75 Å². The molecule has 0 saturated heterocycles. The smallest absolute Gasteiger partial charge is 0.335 e. The molecule has 4 nitrogen and oxygen atoms in total. The van der Waals surface area contributed by atoms with Gasteiger partial charge in [0.15, 0.2) is 0 Å². The maximum atomic E-state index is 11.1. The van der Waals surface area contributed by atoms with Crippen LogP contribution in [0.2, 0.25) is 0 Å². The lowest BCUT2D eigenvalue weighted by molar-refractivity contribution is 0.0697. The molecule has 116 valence electrons. The van der Waals surface area contributed by atoms with Crippen LogP contribution in [0.5, 0.6) is 5.75 Å². The third-order valence-corrected chi connectivity index (χ3v) is 3.46. The number of ether oxygens (including phenoxy) is 1. The van der Waals surface area contributed by atoms with Crippen molar-refractivity contribution in [2.45, 2.75) is 33.1 Å². The van der Waals surface area contributed by atoms with E-state index in [4.69, 9.17) is 9.84 Å². The van der Waals surface area contributed by atoms with Crippen LogP contribution >= 0.6 is 0 Å². The molecule has 0 spiro atoms. The van der Waals surface area contributed by atoms with E-state index < -0.39 is 5.97 Å². The average molecular weight is 291 g/mol. The van der Waals surface area contributed by atoms with E-state index in [0.717, 1.165) is 31.5 Å². The third-order valence-electron chi connectivity index (χ3n) is 3.46. The van der Waals surface area contributed by atoms with Gasteiger partial charge >= 0.3 is 5.97 Å². The van der Waals surface area contributed by atoms with Gasteiger partial charge in [0.25, 0.3) is 0 Å². The monoisotopic (exact) mass is 291 g/mol. The van der Waals surface area contributed by atoms with Crippen molar-refractivity contribution < 1.29 is 14.6 Å². The normalized spacial score (nSPS) is 11.7. The highest BCUT2D eigenvalue weighted by Crippen LogP contribution is 2.27. The number of hydrogen-bond acceptors (Lipinski definition) is 3. The minimum Gasteiger partial charge on any atom is -0.492 e. The molecular weight excluding hydrogens is 266 g/mol. The van der Waals surface area contributed by atoms with Gasteiger partial charge in [-0.05, 0) is 43.9 Å². The molecular formula is C17H25NO3. The van der Waals surface area contributed by atoms with Crippen molar-refractivity contribution in [2.75, 3.05) is 18.5 Å². The van der Waals surface area contributed by atoms with Crippen LogP contribution in [0.4, 0.5) is 5.69 Å². The average Bonchev–Trinajstić information content (AvgIpc) is 2.48. The molecule has 0 aromatic heterocycles. The zero-order chi connectivity index (χ0) is 15.7. The highest BCUT2D eigenvalue weighted by Gasteiger charge is 2.11. The van der Waals surface area contributed by atoms with Crippen molar-refractivity contribution >= 4 is 11.7 Å². The Labute approximate surface area is 126 Å². The molecule has 1 aromatic rings. The molecule has 2 N–H and O–H groups in total. The molecule has 0 heterocycles. The van der Waals surface area contributed by atoms with E-state index in [0.29, 0.717) is 18.3 Å². The Kier molecular flexibility index (Phi) is 7.37. The van der Waals surface area contributed by atoms with E-state index in [1.54, 1.807) is 18.2 Å². The quantitative estimate of drug-likeness (QED) is 0.635. The van der Waals surface area contributed by atoms with Crippen molar-refractivity contribution in [1.29, 1.82) is 0 Å². The number of carboxylic acid groups (broad SMARTS) is 1. The summed E-state index contributed by atoms with van der Waals surface area (Å²) in [6, 6.07) is 4.90. The summed E-state index contributed by atoms with van der Waals surface area (Å²) in [5, 5.41) is 12.4. The predicted molar refractivity (Wildman–Crippen MR) is 86.3 cm³/mol. The fourth-order valence-electron chi connectivity index (χ4n) is 2.14. The van der Waals surface area contributed by atoms with Gasteiger partial charge in [-0.3, -0.25) is 0 Å². The molecule has 21 heavy (non-hydrogen) atoms. The van der Waals surface area contributed by atoms with Gasteiger partial charge in [0.1, 0.15) is 5.75 Å². The predicted octanol–water partition coefficient (Wildman–Crippen LogP) is 4.19. The topological polar surface area (TPSA) is 58.6 Å². The van der Waals surface area contributed by atoms with Crippen molar-refractivity contribution in [3.05, 3.63) is 36.4 Å². The zero-order valence-electron chi connectivity index (χ0n) is 12.9. The van der Waals surface area contributed by atoms with Crippen molar-refractivity contribution in [2.24, 2.45) is 5.92 Å². The number of nitrogens with one attached hydrogen (secondary N) is 1. The van der Waals surface area contributed by atoms with Gasteiger partial charge in [0.2, 0.25) is 0 Å². The van der Waals surface area contributed by atoms with E-state index >= 15 is 0 Å². The third kappa shape index (κ3) is 5.50. The first kappa shape index (κ1) is 17.1. The van der Waals surface area contributed by atoms with E-state index in [-0.39, 0.29) is 5.56 Å². The lowest BCUT2D eigenvalue weighted by atomic mass is 10.00. The summed E-state index contributed by atoms with van der Waals surface area (Å²) in [6.45, 7) is 9.17. The molecule has 0 fully saturated rings. The Bertz CT molecular complexity index is 471. The van der Waals surface area contributed by atoms with E-state index in [1.165, 1.54) is 0 Å². The van der Waals surface area contributed by atoms with Crippen LogP contribution < -0.4 is 10.1 Å². The minimum absolute atomic E-state index is 0.264. The Morgan fingerprint density at radius 1 is 1.48 bits per heavy atom. The molecule has 0 saturated carbocycles. The summed E-state index contributed by atoms with van der Waals surface area (Å²) in [4.78, 5) is 11.1. The largest absolute Gasteiger partial charge is 0.492 e. The first-order valence-corrected chi connectivity index (χ1v) is 7.47. The molecule has 4 heteroatoms. The molecule has 1 aromatic carbocycles. The van der Waals surface area contributed by atoms with Crippen LogP contribution in [0.25, 0.3) is 0 Å². The van der Waals surface area contributed by atoms with Crippen LogP contribution in [-0.4, -0.2) is 24.2 Å². The summed E-state index contributed by atoms with van der Waals surface area (Å²) in [5.74, 6) is 0.298. The molecule has 0 aliphatic heterocycles. The zero-order valence-corrected chi connectivity index (χ0v) is 12.9. The standard InChI is InChI=1S/C17H25NO3/c1-4-7-8-13(5-2)12-18-15-11-14(17(19)20)9-10-16(15)21-6-3/h4,9-11,13,18H,1,5-8,12H2,2-3H3,(H,19,20). The number of hydrogen-bond donors (Lipinski definition) is 2. The first-order valence-electron chi connectivity index (χ1n) is 7.47. The second kappa shape index (κ2) is 9.06. The van der Waals surface area contributed by atoms with Crippen molar-refractivity contribution in [1.82, 2.24) is 0 Å². The van der Waals surface area contributed by atoms with Gasteiger partial charge < -0.3 is 15.2 Å².